The van der Waals surface area contributed by atoms with Gasteiger partial charge in [0.05, 0.1) is 19.0 Å². The highest BCUT2D eigenvalue weighted by Crippen LogP contribution is 2.11. The number of ether oxygens (including phenoxy) is 3. The number of carbonyl (C=O) groups is 6. The van der Waals surface area contributed by atoms with E-state index in [0.717, 1.165) is 16.7 Å². The number of benzene rings is 3. The summed E-state index contributed by atoms with van der Waals surface area (Å²) in [6.45, 7) is -0.0601. The topological polar surface area (TPSA) is 190 Å². The fourth-order valence-electron chi connectivity index (χ4n) is 4.27. The molecule has 0 fully saturated rings. The Hall–Kier alpha value is -5.76. The standard InChI is InChI=1S/C35H41N5O9/c1-25(34(45)37-18-31(42)39-24-47-23-33(44)48-21-27-13-7-3-8-14-27)29(17-26-11-5-2-6-12-26)40-32(43)20-36-30(41)19-38-35(46)49-22-28-15-9-4-10-16-28/h2-16,25,29H,17-24H2,1H3,(H,36,41)(H,37,45)(H,38,46)(H,39,42)(H,40,43)/t25?,29-/m0/s1. The number of amides is 5. The van der Waals surface area contributed by atoms with Gasteiger partial charge in [0, 0.05) is 6.04 Å². The number of carbonyl (C=O) groups excluding carboxylic acids is 6. The second-order valence-corrected chi connectivity index (χ2v) is 10.8. The van der Waals surface area contributed by atoms with E-state index in [1.165, 1.54) is 0 Å². The fourth-order valence-corrected chi connectivity index (χ4v) is 4.27. The van der Waals surface area contributed by atoms with Crippen molar-refractivity contribution < 1.29 is 43.0 Å². The summed E-state index contributed by atoms with van der Waals surface area (Å²) in [5.41, 5.74) is 2.47. The molecule has 0 aliphatic heterocycles. The third-order valence-electron chi connectivity index (χ3n) is 6.97. The lowest BCUT2D eigenvalue weighted by molar-refractivity contribution is -0.151. The molecule has 0 aliphatic carbocycles. The van der Waals surface area contributed by atoms with Gasteiger partial charge in [0.1, 0.15) is 33.1 Å². The Morgan fingerprint density at radius 3 is 1.71 bits per heavy atom. The van der Waals surface area contributed by atoms with Gasteiger partial charge in [-0.15, -0.1) is 0 Å². The zero-order valence-electron chi connectivity index (χ0n) is 27.1. The van der Waals surface area contributed by atoms with Gasteiger partial charge in [-0.25, -0.2) is 9.59 Å². The first kappa shape index (κ1) is 37.7. The van der Waals surface area contributed by atoms with Crippen LogP contribution in [0.2, 0.25) is 0 Å². The van der Waals surface area contributed by atoms with Gasteiger partial charge in [-0.05, 0) is 23.1 Å². The summed E-state index contributed by atoms with van der Waals surface area (Å²) in [5.74, 6) is -3.59. The highest BCUT2D eigenvalue weighted by atomic mass is 16.6. The van der Waals surface area contributed by atoms with E-state index in [4.69, 9.17) is 14.2 Å². The summed E-state index contributed by atoms with van der Waals surface area (Å²) >= 11 is 0. The number of alkyl carbamates (subject to hydrolysis) is 1. The van der Waals surface area contributed by atoms with E-state index >= 15 is 0 Å². The average Bonchev–Trinajstić information content (AvgIpc) is 3.12. The van der Waals surface area contributed by atoms with Gasteiger partial charge in [-0.3, -0.25) is 19.2 Å². The first-order valence-corrected chi connectivity index (χ1v) is 15.6. The molecule has 14 nitrogen and oxygen atoms in total. The first-order valence-electron chi connectivity index (χ1n) is 15.6. The molecule has 0 bridgehead atoms. The van der Waals surface area contributed by atoms with Crippen LogP contribution in [0.3, 0.4) is 0 Å². The zero-order chi connectivity index (χ0) is 35.3. The second kappa shape index (κ2) is 21.2. The van der Waals surface area contributed by atoms with Crippen LogP contribution < -0.4 is 26.6 Å². The van der Waals surface area contributed by atoms with Crippen molar-refractivity contribution in [1.82, 2.24) is 26.6 Å². The number of hydrogen-bond acceptors (Lipinski definition) is 9. The fraction of sp³-hybridized carbons (Fsp3) is 0.314. The molecule has 5 amide bonds. The molecule has 3 aromatic rings. The highest BCUT2D eigenvalue weighted by molar-refractivity contribution is 5.88. The predicted molar refractivity (Wildman–Crippen MR) is 177 cm³/mol. The van der Waals surface area contributed by atoms with Crippen LogP contribution in [0.25, 0.3) is 0 Å². The van der Waals surface area contributed by atoms with Crippen LogP contribution in [0.15, 0.2) is 91.0 Å². The molecule has 0 saturated heterocycles. The molecule has 0 saturated carbocycles. The van der Waals surface area contributed by atoms with E-state index in [0.29, 0.717) is 6.42 Å². The van der Waals surface area contributed by atoms with Crippen molar-refractivity contribution in [2.75, 3.05) is 33.0 Å². The minimum Gasteiger partial charge on any atom is -0.459 e. The predicted octanol–water partition coefficient (Wildman–Crippen LogP) is 1.34. The smallest absolute Gasteiger partial charge is 0.407 e. The van der Waals surface area contributed by atoms with Crippen LogP contribution in [-0.2, 0) is 57.8 Å². The normalized spacial score (nSPS) is 11.6. The van der Waals surface area contributed by atoms with E-state index < -0.39 is 60.7 Å². The number of hydrogen-bond donors (Lipinski definition) is 5. The Morgan fingerprint density at radius 1 is 0.592 bits per heavy atom. The largest absolute Gasteiger partial charge is 0.459 e. The number of esters is 1. The van der Waals surface area contributed by atoms with Crippen LogP contribution in [0.1, 0.15) is 23.6 Å². The molecule has 0 aromatic heterocycles. The third-order valence-corrected chi connectivity index (χ3v) is 6.97. The molecule has 3 aromatic carbocycles. The third kappa shape index (κ3) is 15.6. The van der Waals surface area contributed by atoms with E-state index in [9.17, 15) is 28.8 Å². The SMILES string of the molecule is CC(C(=O)NCC(=O)NCOCC(=O)OCc1ccccc1)[C@H](Cc1ccccc1)NC(=O)CNC(=O)CNC(=O)OCc1ccccc1. The first-order chi connectivity index (χ1) is 23.7. The molecular formula is C35H41N5O9. The van der Waals surface area contributed by atoms with Crippen molar-refractivity contribution >= 4 is 35.7 Å². The summed E-state index contributed by atoms with van der Waals surface area (Å²) in [4.78, 5) is 73.9. The quantitative estimate of drug-likeness (QED) is 0.0709. The lowest BCUT2D eigenvalue weighted by Gasteiger charge is -2.25. The van der Waals surface area contributed by atoms with Crippen molar-refractivity contribution in [2.24, 2.45) is 5.92 Å². The van der Waals surface area contributed by atoms with Crippen molar-refractivity contribution in [2.45, 2.75) is 32.6 Å². The van der Waals surface area contributed by atoms with Gasteiger partial charge in [0.15, 0.2) is 0 Å². The van der Waals surface area contributed by atoms with Gasteiger partial charge in [-0.2, -0.15) is 0 Å². The van der Waals surface area contributed by atoms with Crippen LogP contribution in [-0.4, -0.2) is 74.7 Å². The van der Waals surface area contributed by atoms with Crippen molar-refractivity contribution in [1.29, 1.82) is 0 Å². The number of rotatable bonds is 19. The molecule has 14 heteroatoms. The molecule has 5 N–H and O–H groups in total. The Labute approximate surface area is 284 Å². The Kier molecular flexibility index (Phi) is 16.3. The summed E-state index contributed by atoms with van der Waals surface area (Å²) in [5, 5.41) is 12.5. The molecule has 0 spiro atoms. The van der Waals surface area contributed by atoms with Crippen LogP contribution in [0, 0.1) is 5.92 Å². The maximum absolute atomic E-state index is 13.0. The van der Waals surface area contributed by atoms with E-state index in [-0.39, 0.29) is 33.1 Å². The summed E-state index contributed by atoms with van der Waals surface area (Å²) < 4.78 is 15.3. The summed E-state index contributed by atoms with van der Waals surface area (Å²) in [7, 11) is 0. The zero-order valence-corrected chi connectivity index (χ0v) is 27.1. The lowest BCUT2D eigenvalue weighted by atomic mass is 9.94. The van der Waals surface area contributed by atoms with Gasteiger partial charge >= 0.3 is 12.1 Å². The van der Waals surface area contributed by atoms with E-state index in [1.807, 2.05) is 78.9 Å². The molecule has 2 atom stereocenters. The molecule has 3 rings (SSSR count). The molecule has 0 radical (unpaired) electrons. The van der Waals surface area contributed by atoms with Gasteiger partial charge in [0.2, 0.25) is 23.6 Å². The minimum atomic E-state index is -0.786. The Balaban J connectivity index is 1.37. The van der Waals surface area contributed by atoms with Crippen LogP contribution in [0.4, 0.5) is 4.79 Å². The summed E-state index contributed by atoms with van der Waals surface area (Å²) in [6, 6.07) is 26.7. The van der Waals surface area contributed by atoms with Crippen molar-refractivity contribution in [3.63, 3.8) is 0 Å². The molecule has 0 heterocycles. The van der Waals surface area contributed by atoms with E-state index in [2.05, 4.69) is 26.6 Å². The average molecular weight is 676 g/mol. The van der Waals surface area contributed by atoms with Crippen LogP contribution in [0.5, 0.6) is 0 Å². The molecule has 49 heavy (non-hydrogen) atoms. The molecule has 0 aliphatic rings. The van der Waals surface area contributed by atoms with Crippen LogP contribution >= 0.6 is 0 Å². The lowest BCUT2D eigenvalue weighted by Crippen LogP contribution is -2.51. The Morgan fingerprint density at radius 2 is 1.10 bits per heavy atom. The Bertz CT molecular complexity index is 1510. The highest BCUT2D eigenvalue weighted by Gasteiger charge is 2.26. The monoisotopic (exact) mass is 675 g/mol. The molecule has 1 unspecified atom stereocenters. The van der Waals surface area contributed by atoms with E-state index in [1.54, 1.807) is 19.1 Å². The number of nitrogens with one attached hydrogen (secondary N) is 5. The summed E-state index contributed by atoms with van der Waals surface area (Å²) in [6.07, 6.45) is -0.490. The van der Waals surface area contributed by atoms with Gasteiger partial charge < -0.3 is 40.8 Å². The minimum absolute atomic E-state index is 0.0399. The maximum Gasteiger partial charge on any atom is 0.407 e. The maximum atomic E-state index is 13.0. The van der Waals surface area contributed by atoms with Crippen molar-refractivity contribution in [3.05, 3.63) is 108 Å². The van der Waals surface area contributed by atoms with Gasteiger partial charge in [-0.1, -0.05) is 97.9 Å². The van der Waals surface area contributed by atoms with Gasteiger partial charge in [0.25, 0.3) is 0 Å². The molecule has 260 valence electrons. The molecular weight excluding hydrogens is 634 g/mol. The second-order valence-electron chi connectivity index (χ2n) is 10.8. The van der Waals surface area contributed by atoms with Crippen molar-refractivity contribution in [3.8, 4) is 0 Å².